The molecular weight excluding hydrogens is 184 g/mol. The van der Waals surface area contributed by atoms with Crippen molar-refractivity contribution in [2.45, 2.75) is 41.5 Å². The number of nitrogens with zero attached hydrogens (tertiary/aromatic N) is 2. The fourth-order valence-corrected chi connectivity index (χ4v) is 0.972. The van der Waals surface area contributed by atoms with Gasteiger partial charge in [-0.05, 0) is 25.5 Å². The summed E-state index contributed by atoms with van der Waals surface area (Å²) >= 11 is 0. The monoisotopic (exact) mass is 208 g/mol. The van der Waals surface area contributed by atoms with Crippen LogP contribution in [0.5, 0.6) is 0 Å². The van der Waals surface area contributed by atoms with Crippen LogP contribution in [0, 0.1) is 6.92 Å². The molecule has 86 valence electrons. The molecule has 0 fully saturated rings. The molecule has 0 aliphatic carbocycles. The first kappa shape index (κ1) is 16.1. The zero-order valence-corrected chi connectivity index (χ0v) is 10.9. The van der Waals surface area contributed by atoms with Gasteiger partial charge < -0.3 is 0 Å². The van der Waals surface area contributed by atoms with Gasteiger partial charge >= 0.3 is 0 Å². The molecule has 15 heavy (non-hydrogen) atoms. The number of hydrogen-bond acceptors (Lipinski definition) is 1. The van der Waals surface area contributed by atoms with Gasteiger partial charge in [0, 0.05) is 6.20 Å². The Morgan fingerprint density at radius 3 is 2.20 bits per heavy atom. The van der Waals surface area contributed by atoms with Gasteiger partial charge in [0.05, 0.1) is 11.9 Å². The van der Waals surface area contributed by atoms with Gasteiger partial charge in [0.2, 0.25) is 0 Å². The minimum absolute atomic E-state index is 1.06. The summed E-state index contributed by atoms with van der Waals surface area (Å²) in [6, 6.07) is 0. The predicted molar refractivity (Wildman–Crippen MR) is 70.8 cm³/mol. The molecule has 0 bridgehead atoms. The number of aromatic nitrogens is 2. The normalized spacial score (nSPS) is 8.67. The maximum Gasteiger partial charge on any atom is 0.0684 e. The van der Waals surface area contributed by atoms with Crippen LogP contribution in [0.25, 0.3) is 12.3 Å². The molecule has 0 atom stereocenters. The molecule has 2 nitrogen and oxygen atoms in total. The van der Waals surface area contributed by atoms with Crippen molar-refractivity contribution < 1.29 is 0 Å². The quantitative estimate of drug-likeness (QED) is 0.705. The highest BCUT2D eigenvalue weighted by Crippen LogP contribution is 2.08. The largest absolute Gasteiger partial charge is 0.241 e. The van der Waals surface area contributed by atoms with Crippen LogP contribution in [-0.2, 0) is 0 Å². The van der Waals surface area contributed by atoms with Crippen molar-refractivity contribution in [3.05, 3.63) is 30.1 Å². The lowest BCUT2D eigenvalue weighted by molar-refractivity contribution is 0.923. The molecule has 0 aromatic carbocycles. The van der Waals surface area contributed by atoms with E-state index in [-0.39, 0.29) is 0 Å². The van der Waals surface area contributed by atoms with E-state index >= 15 is 0 Å². The van der Waals surface area contributed by atoms with E-state index < -0.39 is 0 Å². The minimum Gasteiger partial charge on any atom is -0.241 e. The smallest absolute Gasteiger partial charge is 0.0684 e. The highest BCUT2D eigenvalue weighted by atomic mass is 15.3. The molecule has 1 rings (SSSR count). The van der Waals surface area contributed by atoms with Crippen molar-refractivity contribution in [2.24, 2.45) is 0 Å². The maximum atomic E-state index is 4.13. The highest BCUT2D eigenvalue weighted by Gasteiger charge is 1.98. The van der Waals surface area contributed by atoms with Gasteiger partial charge in [-0.3, -0.25) is 0 Å². The highest BCUT2D eigenvalue weighted by molar-refractivity contribution is 5.49. The zero-order valence-electron chi connectivity index (χ0n) is 10.9. The first-order valence-corrected chi connectivity index (χ1v) is 5.59. The molecule has 0 aliphatic heterocycles. The topological polar surface area (TPSA) is 17.8 Å². The summed E-state index contributed by atoms with van der Waals surface area (Å²) in [6.45, 7) is 15.7. The molecule has 0 N–H and O–H groups in total. The van der Waals surface area contributed by atoms with E-state index in [0.29, 0.717) is 0 Å². The van der Waals surface area contributed by atoms with Gasteiger partial charge in [-0.15, -0.1) is 0 Å². The summed E-state index contributed by atoms with van der Waals surface area (Å²) < 4.78 is 1.81. The van der Waals surface area contributed by atoms with E-state index in [1.165, 1.54) is 0 Å². The van der Waals surface area contributed by atoms with E-state index in [9.17, 15) is 0 Å². The number of rotatable bonds is 2. The van der Waals surface area contributed by atoms with Crippen molar-refractivity contribution in [1.82, 2.24) is 9.78 Å². The van der Waals surface area contributed by atoms with Crippen LogP contribution in [0.1, 0.15) is 45.9 Å². The summed E-state index contributed by atoms with van der Waals surface area (Å²) in [6.07, 6.45) is 7.49. The molecule has 0 saturated heterocycles. The molecular formula is C13H24N2. The van der Waals surface area contributed by atoms with Gasteiger partial charge in [-0.1, -0.05) is 40.3 Å². The Bertz CT molecular complexity index is 283. The molecule has 0 unspecified atom stereocenters. The van der Waals surface area contributed by atoms with E-state index in [0.717, 1.165) is 11.3 Å². The molecule has 0 aliphatic rings. The third-order valence-corrected chi connectivity index (χ3v) is 1.51. The van der Waals surface area contributed by atoms with Gasteiger partial charge in [-0.25, -0.2) is 4.68 Å². The lowest BCUT2D eigenvalue weighted by atomic mass is 10.3. The first-order valence-electron chi connectivity index (χ1n) is 5.59. The second-order valence-electron chi connectivity index (χ2n) is 2.34. The van der Waals surface area contributed by atoms with Crippen LogP contribution in [0.15, 0.2) is 18.9 Å². The van der Waals surface area contributed by atoms with Crippen LogP contribution in [-0.4, -0.2) is 9.78 Å². The molecule has 2 heteroatoms. The average molecular weight is 208 g/mol. The number of hydrogen-bond donors (Lipinski definition) is 0. The van der Waals surface area contributed by atoms with Crippen LogP contribution in [0.3, 0.4) is 0 Å². The van der Waals surface area contributed by atoms with E-state index in [1.54, 1.807) is 0 Å². The lowest BCUT2D eigenvalue weighted by Crippen LogP contribution is -1.90. The molecule has 0 amide bonds. The van der Waals surface area contributed by atoms with Crippen molar-refractivity contribution in [3.63, 3.8) is 0 Å². The summed E-state index contributed by atoms with van der Waals surface area (Å²) in [5.41, 5.74) is 2.21. The van der Waals surface area contributed by atoms with Crippen LogP contribution < -0.4 is 0 Å². The Balaban J connectivity index is 0. The number of allylic oxidation sites excluding steroid dienone is 1. The molecule has 0 radical (unpaired) electrons. The van der Waals surface area contributed by atoms with Gasteiger partial charge in [0.15, 0.2) is 0 Å². The third-order valence-electron chi connectivity index (χ3n) is 1.51. The van der Waals surface area contributed by atoms with Crippen molar-refractivity contribution in [3.8, 4) is 0 Å². The van der Waals surface area contributed by atoms with Crippen molar-refractivity contribution in [2.75, 3.05) is 0 Å². The minimum atomic E-state index is 1.06. The zero-order chi connectivity index (χ0) is 12.3. The molecule has 0 saturated carbocycles. The average Bonchev–Trinajstić information content (AvgIpc) is 2.65. The summed E-state index contributed by atoms with van der Waals surface area (Å²) in [4.78, 5) is 0. The van der Waals surface area contributed by atoms with Crippen LogP contribution >= 0.6 is 0 Å². The Labute approximate surface area is 94.3 Å². The van der Waals surface area contributed by atoms with E-state index in [4.69, 9.17) is 0 Å². The van der Waals surface area contributed by atoms with Gasteiger partial charge in [0.1, 0.15) is 0 Å². The summed E-state index contributed by atoms with van der Waals surface area (Å²) in [5, 5.41) is 4.13. The summed E-state index contributed by atoms with van der Waals surface area (Å²) in [5.74, 6) is 0. The number of aryl methyl sites for hydroxylation is 1. The fraction of sp³-hybridized carbons (Fsp3) is 0.462. The Hall–Kier alpha value is -1.31. The van der Waals surface area contributed by atoms with Gasteiger partial charge in [-0.2, -0.15) is 5.10 Å². The standard InChI is InChI=1S/C9H12N2.2C2H6/c1-4-6-11-9(5-2)8(3)7-10-11;2*1-2/h4-7H,2H2,1,3H3;2*1-2H3/b6-4-;;. The van der Waals surface area contributed by atoms with E-state index in [1.807, 2.05) is 70.8 Å². The SMILES string of the molecule is C=Cc1c(C)cnn1/C=C\C.CC.CC. The second-order valence-corrected chi connectivity index (χ2v) is 2.34. The van der Waals surface area contributed by atoms with Crippen molar-refractivity contribution in [1.29, 1.82) is 0 Å². The summed E-state index contributed by atoms with van der Waals surface area (Å²) in [7, 11) is 0. The Kier molecular flexibility index (Phi) is 11.6. The van der Waals surface area contributed by atoms with Crippen molar-refractivity contribution >= 4 is 12.3 Å². The molecule has 1 aromatic heterocycles. The third kappa shape index (κ3) is 5.21. The Morgan fingerprint density at radius 2 is 1.80 bits per heavy atom. The predicted octanol–water partition coefficient (Wildman–Crippen LogP) is 4.38. The van der Waals surface area contributed by atoms with Crippen LogP contribution in [0.2, 0.25) is 0 Å². The van der Waals surface area contributed by atoms with Gasteiger partial charge in [0.25, 0.3) is 0 Å². The molecule has 0 spiro atoms. The fourth-order valence-electron chi connectivity index (χ4n) is 0.972. The first-order chi connectivity index (χ1) is 7.29. The van der Waals surface area contributed by atoms with Crippen LogP contribution in [0.4, 0.5) is 0 Å². The molecule has 1 aromatic rings. The van der Waals surface area contributed by atoms with E-state index in [2.05, 4.69) is 11.7 Å². The Morgan fingerprint density at radius 1 is 1.27 bits per heavy atom. The lowest BCUT2D eigenvalue weighted by Gasteiger charge is -1.95. The molecule has 1 heterocycles. The maximum absolute atomic E-state index is 4.13. The second kappa shape index (κ2) is 10.8.